The monoisotopic (exact) mass is 341 g/mol. The molecule has 0 unspecified atom stereocenters. The molecule has 0 spiro atoms. The first-order chi connectivity index (χ1) is 12.1. The Labute approximate surface area is 147 Å². The van der Waals surface area contributed by atoms with Gasteiger partial charge in [-0.15, -0.1) is 0 Å². The zero-order valence-electron chi connectivity index (χ0n) is 14.5. The topological polar surface area (TPSA) is 63.7 Å². The summed E-state index contributed by atoms with van der Waals surface area (Å²) >= 11 is 0. The molecule has 1 N–H and O–H groups in total. The maximum absolute atomic E-state index is 12.5. The number of anilines is 1. The number of nitrogens with zero attached hydrogens (tertiary/aromatic N) is 2. The van der Waals surface area contributed by atoms with Gasteiger partial charge in [0.25, 0.3) is 0 Å². The van der Waals surface area contributed by atoms with Gasteiger partial charge in [0.15, 0.2) is 0 Å². The summed E-state index contributed by atoms with van der Waals surface area (Å²) in [4.78, 5) is 18.3. The summed E-state index contributed by atoms with van der Waals surface area (Å²) in [5.41, 5.74) is 1.70. The van der Waals surface area contributed by atoms with Crippen molar-refractivity contribution in [2.45, 2.75) is 32.7 Å². The van der Waals surface area contributed by atoms with Crippen LogP contribution in [-0.4, -0.2) is 41.2 Å². The third-order valence-corrected chi connectivity index (χ3v) is 3.92. The Morgan fingerprint density at radius 2 is 2.08 bits per heavy atom. The van der Waals surface area contributed by atoms with Crippen LogP contribution in [0.1, 0.15) is 19.4 Å². The van der Waals surface area contributed by atoms with Gasteiger partial charge in [0.2, 0.25) is 0 Å². The van der Waals surface area contributed by atoms with Crippen LogP contribution in [0.4, 0.5) is 10.5 Å². The average Bonchev–Trinajstić information content (AvgIpc) is 2.60. The van der Waals surface area contributed by atoms with E-state index in [-0.39, 0.29) is 18.2 Å². The molecule has 0 bridgehead atoms. The largest absolute Gasteiger partial charge is 0.489 e. The highest BCUT2D eigenvalue weighted by Crippen LogP contribution is 2.20. The molecule has 1 aliphatic rings. The van der Waals surface area contributed by atoms with Crippen molar-refractivity contribution < 1.29 is 14.3 Å². The highest BCUT2D eigenvalue weighted by Gasteiger charge is 2.25. The number of carbonyl (C=O) groups is 1. The number of ether oxygens (including phenoxy) is 2. The van der Waals surface area contributed by atoms with Gasteiger partial charge in [-0.05, 0) is 32.0 Å². The van der Waals surface area contributed by atoms with Gasteiger partial charge in [0.05, 0.1) is 12.2 Å². The SMILES string of the molecule is C[C@@H]1CN(C(=O)Nc2cccc(OCc3cccnc3)c2)C[C@@H](C)O1. The molecule has 6 heteroatoms. The van der Waals surface area contributed by atoms with E-state index >= 15 is 0 Å². The minimum atomic E-state index is -0.119. The second-order valence-corrected chi connectivity index (χ2v) is 6.27. The summed E-state index contributed by atoms with van der Waals surface area (Å²) in [5, 5.41) is 2.93. The molecule has 0 aliphatic carbocycles. The normalized spacial score (nSPS) is 20.2. The van der Waals surface area contributed by atoms with Gasteiger partial charge < -0.3 is 19.7 Å². The lowest BCUT2D eigenvalue weighted by Gasteiger charge is -2.35. The van der Waals surface area contributed by atoms with E-state index in [9.17, 15) is 4.79 Å². The maximum Gasteiger partial charge on any atom is 0.322 e. The molecular weight excluding hydrogens is 318 g/mol. The van der Waals surface area contributed by atoms with Crippen LogP contribution in [0.3, 0.4) is 0 Å². The van der Waals surface area contributed by atoms with Crippen molar-refractivity contribution in [1.29, 1.82) is 0 Å². The lowest BCUT2D eigenvalue weighted by atomic mass is 10.2. The lowest BCUT2D eigenvalue weighted by molar-refractivity contribution is -0.0530. The van der Waals surface area contributed by atoms with Gasteiger partial charge in [-0.3, -0.25) is 4.98 Å². The molecule has 1 fully saturated rings. The number of morpholine rings is 1. The molecular formula is C19H23N3O3. The number of hydrogen-bond donors (Lipinski definition) is 1. The zero-order chi connectivity index (χ0) is 17.6. The van der Waals surface area contributed by atoms with E-state index < -0.39 is 0 Å². The molecule has 2 heterocycles. The summed E-state index contributed by atoms with van der Waals surface area (Å²) in [6, 6.07) is 11.1. The number of rotatable bonds is 4. The van der Waals surface area contributed by atoms with Crippen LogP contribution >= 0.6 is 0 Å². The molecule has 1 aromatic carbocycles. The molecule has 2 amide bonds. The molecule has 6 nitrogen and oxygen atoms in total. The Bertz CT molecular complexity index is 698. The molecule has 1 saturated heterocycles. The first-order valence-corrected chi connectivity index (χ1v) is 8.43. The van der Waals surface area contributed by atoms with E-state index in [4.69, 9.17) is 9.47 Å². The summed E-state index contributed by atoms with van der Waals surface area (Å²) in [5.74, 6) is 0.699. The van der Waals surface area contributed by atoms with E-state index in [0.29, 0.717) is 31.1 Å². The van der Waals surface area contributed by atoms with Gasteiger partial charge in [0.1, 0.15) is 12.4 Å². The Morgan fingerprint density at radius 1 is 1.28 bits per heavy atom. The average molecular weight is 341 g/mol. The Morgan fingerprint density at radius 3 is 2.80 bits per heavy atom. The van der Waals surface area contributed by atoms with Crippen LogP contribution < -0.4 is 10.1 Å². The first-order valence-electron chi connectivity index (χ1n) is 8.43. The van der Waals surface area contributed by atoms with Crippen LogP contribution in [0, 0.1) is 0 Å². The highest BCUT2D eigenvalue weighted by molar-refractivity contribution is 5.89. The first kappa shape index (κ1) is 17.2. The molecule has 3 rings (SSSR count). The van der Waals surface area contributed by atoms with Gasteiger partial charge in [-0.2, -0.15) is 0 Å². The summed E-state index contributed by atoms with van der Waals surface area (Å²) in [7, 11) is 0. The lowest BCUT2D eigenvalue weighted by Crippen LogP contribution is -2.49. The number of aromatic nitrogens is 1. The van der Waals surface area contributed by atoms with E-state index in [1.807, 2.05) is 50.2 Å². The molecule has 1 aliphatic heterocycles. The molecule has 2 aromatic rings. The van der Waals surface area contributed by atoms with E-state index in [2.05, 4.69) is 10.3 Å². The number of hydrogen-bond acceptors (Lipinski definition) is 4. The van der Waals surface area contributed by atoms with Crippen molar-refractivity contribution in [2.75, 3.05) is 18.4 Å². The van der Waals surface area contributed by atoms with Crippen molar-refractivity contribution >= 4 is 11.7 Å². The standard InChI is InChI=1S/C19H23N3O3/c1-14-11-22(12-15(2)25-14)19(23)21-17-6-3-7-18(9-17)24-13-16-5-4-8-20-10-16/h3-10,14-15H,11-13H2,1-2H3,(H,21,23)/t14-,15-/m1/s1. The predicted octanol–water partition coefficient (Wildman–Crippen LogP) is 3.30. The number of benzene rings is 1. The van der Waals surface area contributed by atoms with E-state index in [1.165, 1.54) is 0 Å². The van der Waals surface area contributed by atoms with Crippen LogP contribution in [0.15, 0.2) is 48.8 Å². The van der Waals surface area contributed by atoms with Crippen molar-refractivity contribution in [3.63, 3.8) is 0 Å². The number of amides is 2. The van der Waals surface area contributed by atoms with Gasteiger partial charge in [0, 0.05) is 42.8 Å². The second kappa shape index (κ2) is 7.98. The summed E-state index contributed by atoms with van der Waals surface area (Å²) in [6.45, 7) is 5.57. The fraction of sp³-hybridized carbons (Fsp3) is 0.368. The Kier molecular flexibility index (Phi) is 5.50. The smallest absolute Gasteiger partial charge is 0.322 e. The number of carbonyl (C=O) groups excluding carboxylic acids is 1. The van der Waals surface area contributed by atoms with Gasteiger partial charge in [-0.25, -0.2) is 4.79 Å². The molecule has 0 radical (unpaired) electrons. The zero-order valence-corrected chi connectivity index (χ0v) is 14.5. The van der Waals surface area contributed by atoms with E-state index in [1.54, 1.807) is 17.3 Å². The van der Waals surface area contributed by atoms with Crippen molar-refractivity contribution in [3.05, 3.63) is 54.4 Å². The number of pyridine rings is 1. The van der Waals surface area contributed by atoms with E-state index in [0.717, 1.165) is 5.56 Å². The Balaban J connectivity index is 1.58. The minimum Gasteiger partial charge on any atom is -0.489 e. The van der Waals surface area contributed by atoms with Crippen molar-refractivity contribution in [2.24, 2.45) is 0 Å². The molecule has 132 valence electrons. The number of nitrogens with one attached hydrogen (secondary N) is 1. The highest BCUT2D eigenvalue weighted by atomic mass is 16.5. The van der Waals surface area contributed by atoms with Gasteiger partial charge in [-0.1, -0.05) is 12.1 Å². The molecule has 0 saturated carbocycles. The summed E-state index contributed by atoms with van der Waals surface area (Å²) in [6.07, 6.45) is 3.59. The van der Waals surface area contributed by atoms with Crippen LogP contribution in [-0.2, 0) is 11.3 Å². The van der Waals surface area contributed by atoms with Crippen LogP contribution in [0.5, 0.6) is 5.75 Å². The quantitative estimate of drug-likeness (QED) is 0.927. The Hall–Kier alpha value is -2.60. The number of urea groups is 1. The molecule has 1 aromatic heterocycles. The fourth-order valence-electron chi connectivity index (χ4n) is 2.86. The minimum absolute atomic E-state index is 0.0450. The van der Waals surface area contributed by atoms with Crippen LogP contribution in [0.2, 0.25) is 0 Å². The van der Waals surface area contributed by atoms with Crippen molar-refractivity contribution in [3.8, 4) is 5.75 Å². The van der Waals surface area contributed by atoms with Crippen LogP contribution in [0.25, 0.3) is 0 Å². The van der Waals surface area contributed by atoms with Gasteiger partial charge >= 0.3 is 6.03 Å². The summed E-state index contributed by atoms with van der Waals surface area (Å²) < 4.78 is 11.4. The predicted molar refractivity (Wildman–Crippen MR) is 95.6 cm³/mol. The van der Waals surface area contributed by atoms with Crippen molar-refractivity contribution in [1.82, 2.24) is 9.88 Å². The second-order valence-electron chi connectivity index (χ2n) is 6.27. The third kappa shape index (κ3) is 4.93. The maximum atomic E-state index is 12.5. The third-order valence-electron chi connectivity index (χ3n) is 3.92. The molecule has 25 heavy (non-hydrogen) atoms. The fourth-order valence-corrected chi connectivity index (χ4v) is 2.86. The molecule has 2 atom stereocenters.